The molecule has 3 heterocycles. The highest BCUT2D eigenvalue weighted by Gasteiger charge is 2.30. The van der Waals surface area contributed by atoms with E-state index in [4.69, 9.17) is 4.42 Å². The Labute approximate surface area is 151 Å². The van der Waals surface area contributed by atoms with Gasteiger partial charge in [0, 0.05) is 45.6 Å². The van der Waals surface area contributed by atoms with Gasteiger partial charge in [-0.2, -0.15) is 0 Å². The van der Waals surface area contributed by atoms with Gasteiger partial charge < -0.3 is 14.2 Å². The summed E-state index contributed by atoms with van der Waals surface area (Å²) in [5, 5.41) is 0. The van der Waals surface area contributed by atoms with Gasteiger partial charge in [-0.1, -0.05) is 13.3 Å². The molecule has 2 fully saturated rings. The molecule has 2 aliphatic rings. The number of aromatic nitrogens is 1. The van der Waals surface area contributed by atoms with E-state index < -0.39 is 0 Å². The number of rotatable bonds is 7. The molecule has 140 valence electrons. The predicted molar refractivity (Wildman–Crippen MR) is 97.2 cm³/mol. The van der Waals surface area contributed by atoms with E-state index in [-0.39, 0.29) is 11.9 Å². The summed E-state index contributed by atoms with van der Waals surface area (Å²) in [6, 6.07) is 0.274. The molecule has 0 aliphatic carbocycles. The Bertz CT molecular complexity index is 553. The fourth-order valence-corrected chi connectivity index (χ4v) is 3.96. The molecule has 6 nitrogen and oxygen atoms in total. The summed E-state index contributed by atoms with van der Waals surface area (Å²) in [6.07, 6.45) is 7.72. The zero-order chi connectivity index (χ0) is 17.6. The largest absolute Gasteiger partial charge is 0.444 e. The Morgan fingerprint density at radius 2 is 2.00 bits per heavy atom. The average Bonchev–Trinajstić information content (AvgIpc) is 3.27. The van der Waals surface area contributed by atoms with Gasteiger partial charge in [-0.05, 0) is 32.4 Å². The first-order valence-corrected chi connectivity index (χ1v) is 9.81. The molecule has 0 radical (unpaired) electrons. The van der Waals surface area contributed by atoms with Crippen LogP contribution in [0.25, 0.3) is 0 Å². The monoisotopic (exact) mass is 348 g/mol. The van der Waals surface area contributed by atoms with Crippen molar-refractivity contribution in [3.63, 3.8) is 0 Å². The third kappa shape index (κ3) is 5.05. The minimum atomic E-state index is 0.110. The molecule has 1 aromatic rings. The maximum Gasteiger partial charge on any atom is 0.220 e. The molecule has 2 aliphatic heterocycles. The van der Waals surface area contributed by atoms with Crippen molar-refractivity contribution in [2.75, 3.05) is 39.3 Å². The molecule has 0 saturated carbocycles. The summed E-state index contributed by atoms with van der Waals surface area (Å²) in [4.78, 5) is 23.5. The van der Waals surface area contributed by atoms with Crippen LogP contribution in [0.3, 0.4) is 0 Å². The molecule has 0 N–H and O–H groups in total. The highest BCUT2D eigenvalue weighted by molar-refractivity contribution is 5.73. The van der Waals surface area contributed by atoms with Crippen LogP contribution in [0.15, 0.2) is 10.6 Å². The second-order valence-electron chi connectivity index (χ2n) is 7.37. The second kappa shape index (κ2) is 8.81. The Balaban J connectivity index is 1.49. The minimum Gasteiger partial charge on any atom is -0.444 e. The molecule has 0 unspecified atom stereocenters. The summed E-state index contributed by atoms with van der Waals surface area (Å²) < 4.78 is 5.70. The molecule has 0 spiro atoms. The predicted octanol–water partition coefficient (Wildman–Crippen LogP) is 2.15. The van der Waals surface area contributed by atoms with E-state index in [1.807, 2.05) is 11.8 Å². The van der Waals surface area contributed by atoms with E-state index >= 15 is 0 Å². The first-order chi connectivity index (χ1) is 12.2. The van der Waals surface area contributed by atoms with Crippen LogP contribution in [0.2, 0.25) is 0 Å². The van der Waals surface area contributed by atoms with Crippen molar-refractivity contribution >= 4 is 5.91 Å². The summed E-state index contributed by atoms with van der Waals surface area (Å²) in [7, 11) is 0. The van der Waals surface area contributed by atoms with Gasteiger partial charge in [0.15, 0.2) is 0 Å². The van der Waals surface area contributed by atoms with Crippen LogP contribution >= 0.6 is 0 Å². The van der Waals surface area contributed by atoms with Crippen LogP contribution in [0, 0.1) is 0 Å². The molecule has 25 heavy (non-hydrogen) atoms. The standard InChI is InChI=1S/C19H32N4O2/c1-3-18-13-20-19(25-18)15-23(16(2)24)17-7-10-22(14-17)12-11-21-8-5-4-6-9-21/h13,17H,3-12,14-15H2,1-2H3/t17-/m0/s1. The van der Waals surface area contributed by atoms with Crippen molar-refractivity contribution in [2.45, 2.75) is 58.5 Å². The SMILES string of the molecule is CCc1cnc(CN(C(C)=O)[C@H]2CCN(CCN3CCCCC3)C2)o1. The third-order valence-corrected chi connectivity index (χ3v) is 5.53. The first kappa shape index (κ1) is 18.4. The minimum absolute atomic E-state index is 0.110. The van der Waals surface area contributed by atoms with Gasteiger partial charge in [-0.25, -0.2) is 4.98 Å². The number of hydrogen-bond acceptors (Lipinski definition) is 5. The van der Waals surface area contributed by atoms with E-state index in [0.717, 1.165) is 44.8 Å². The smallest absolute Gasteiger partial charge is 0.220 e. The lowest BCUT2D eigenvalue weighted by molar-refractivity contribution is -0.132. The molecule has 2 saturated heterocycles. The Morgan fingerprint density at radius 1 is 1.24 bits per heavy atom. The van der Waals surface area contributed by atoms with Crippen LogP contribution in [0.5, 0.6) is 0 Å². The number of carbonyl (C=O) groups is 1. The fourth-order valence-electron chi connectivity index (χ4n) is 3.96. The summed E-state index contributed by atoms with van der Waals surface area (Å²) >= 11 is 0. The van der Waals surface area contributed by atoms with Gasteiger partial charge >= 0.3 is 0 Å². The van der Waals surface area contributed by atoms with Gasteiger partial charge in [-0.15, -0.1) is 0 Å². The number of oxazole rings is 1. The lowest BCUT2D eigenvalue weighted by Crippen LogP contribution is -2.42. The summed E-state index contributed by atoms with van der Waals surface area (Å²) in [5.74, 6) is 1.64. The van der Waals surface area contributed by atoms with E-state index in [1.165, 1.54) is 32.4 Å². The van der Waals surface area contributed by atoms with Gasteiger partial charge in [-0.3, -0.25) is 9.69 Å². The Morgan fingerprint density at radius 3 is 2.68 bits per heavy atom. The maximum absolute atomic E-state index is 12.2. The molecule has 0 aromatic carbocycles. The van der Waals surface area contributed by atoms with Gasteiger partial charge in [0.1, 0.15) is 5.76 Å². The zero-order valence-electron chi connectivity index (χ0n) is 15.7. The number of carbonyl (C=O) groups excluding carboxylic acids is 1. The molecule has 6 heteroatoms. The van der Waals surface area contributed by atoms with Crippen LogP contribution < -0.4 is 0 Å². The normalized spacial score (nSPS) is 22.4. The number of hydrogen-bond donors (Lipinski definition) is 0. The molecular weight excluding hydrogens is 316 g/mol. The molecule has 1 amide bonds. The number of likely N-dealkylation sites (tertiary alicyclic amines) is 2. The number of amides is 1. The fraction of sp³-hybridized carbons (Fsp3) is 0.789. The number of nitrogens with zero attached hydrogens (tertiary/aromatic N) is 4. The maximum atomic E-state index is 12.2. The Hall–Kier alpha value is -1.40. The average molecular weight is 348 g/mol. The third-order valence-electron chi connectivity index (χ3n) is 5.53. The van der Waals surface area contributed by atoms with Gasteiger partial charge in [0.25, 0.3) is 0 Å². The number of piperidine rings is 1. The van der Waals surface area contributed by atoms with Crippen molar-refractivity contribution < 1.29 is 9.21 Å². The molecule has 0 bridgehead atoms. The van der Waals surface area contributed by atoms with Crippen molar-refractivity contribution in [1.29, 1.82) is 0 Å². The van der Waals surface area contributed by atoms with E-state index in [9.17, 15) is 4.79 Å². The molecular formula is C19H32N4O2. The van der Waals surface area contributed by atoms with Crippen LogP contribution in [0.4, 0.5) is 0 Å². The van der Waals surface area contributed by atoms with Crippen molar-refractivity contribution in [1.82, 2.24) is 19.7 Å². The summed E-state index contributed by atoms with van der Waals surface area (Å²) in [5.41, 5.74) is 0. The lowest BCUT2D eigenvalue weighted by Gasteiger charge is -2.29. The van der Waals surface area contributed by atoms with Crippen LogP contribution in [-0.4, -0.2) is 70.9 Å². The van der Waals surface area contributed by atoms with E-state index in [1.54, 1.807) is 13.1 Å². The van der Waals surface area contributed by atoms with Crippen molar-refractivity contribution in [2.24, 2.45) is 0 Å². The molecule has 1 atom stereocenters. The van der Waals surface area contributed by atoms with Crippen LogP contribution in [-0.2, 0) is 17.8 Å². The molecule has 1 aromatic heterocycles. The molecule has 3 rings (SSSR count). The second-order valence-corrected chi connectivity index (χ2v) is 7.37. The summed E-state index contributed by atoms with van der Waals surface area (Å²) in [6.45, 7) is 11.0. The van der Waals surface area contributed by atoms with E-state index in [0.29, 0.717) is 12.4 Å². The quantitative estimate of drug-likeness (QED) is 0.756. The van der Waals surface area contributed by atoms with Crippen molar-refractivity contribution in [3.05, 3.63) is 17.8 Å². The Kier molecular flexibility index (Phi) is 6.48. The van der Waals surface area contributed by atoms with E-state index in [2.05, 4.69) is 14.8 Å². The number of aryl methyl sites for hydroxylation is 1. The van der Waals surface area contributed by atoms with Crippen molar-refractivity contribution in [3.8, 4) is 0 Å². The van der Waals surface area contributed by atoms with Crippen LogP contribution in [0.1, 0.15) is 51.2 Å². The highest BCUT2D eigenvalue weighted by Crippen LogP contribution is 2.19. The van der Waals surface area contributed by atoms with Gasteiger partial charge in [0.2, 0.25) is 11.8 Å². The highest BCUT2D eigenvalue weighted by atomic mass is 16.4. The topological polar surface area (TPSA) is 52.8 Å². The zero-order valence-corrected chi connectivity index (χ0v) is 15.7. The first-order valence-electron chi connectivity index (χ1n) is 9.81. The lowest BCUT2D eigenvalue weighted by atomic mass is 10.1. The van der Waals surface area contributed by atoms with Gasteiger partial charge in [0.05, 0.1) is 12.7 Å².